The smallest absolute Gasteiger partial charge is 0.409 e. The van der Waals surface area contributed by atoms with Crippen molar-refractivity contribution in [2.24, 2.45) is 11.0 Å². The van der Waals surface area contributed by atoms with Crippen molar-refractivity contribution >= 4 is 34.9 Å². The van der Waals surface area contributed by atoms with Gasteiger partial charge >= 0.3 is 12.1 Å². The zero-order valence-corrected chi connectivity index (χ0v) is 24.4. The first kappa shape index (κ1) is 30.5. The lowest BCUT2D eigenvalue weighted by Crippen LogP contribution is -2.64. The number of amides is 3. The average molecular weight is 556 g/mol. The number of carbonyl (C=O) groups is 3. The van der Waals surface area contributed by atoms with Gasteiger partial charge in [0.2, 0.25) is 0 Å². The zero-order chi connectivity index (χ0) is 27.8. The second-order valence-electron chi connectivity index (χ2n) is 11.6. The fourth-order valence-electron chi connectivity index (χ4n) is 4.57. The van der Waals surface area contributed by atoms with E-state index in [2.05, 4.69) is 20.6 Å². The Bertz CT molecular complexity index is 850. The maximum Gasteiger partial charge on any atom is 0.409 e. The number of rotatable bonds is 9. The molecule has 1 atom stereocenters. The molecule has 11 nitrogen and oxygen atoms in total. The van der Waals surface area contributed by atoms with E-state index in [1.54, 1.807) is 20.8 Å². The summed E-state index contributed by atoms with van der Waals surface area (Å²) in [5.74, 6) is 0.861. The number of ether oxygens (including phenoxy) is 3. The summed E-state index contributed by atoms with van der Waals surface area (Å²) in [6.45, 7) is 13.5. The Morgan fingerprint density at radius 1 is 1.13 bits per heavy atom. The van der Waals surface area contributed by atoms with Crippen LogP contribution < -0.4 is 10.6 Å². The van der Waals surface area contributed by atoms with Crippen LogP contribution in [0.5, 0.6) is 0 Å². The number of hydrogen-bond donors (Lipinski definition) is 2. The lowest BCUT2D eigenvalue weighted by atomic mass is 9.89. The lowest BCUT2D eigenvalue weighted by Gasteiger charge is -2.39. The van der Waals surface area contributed by atoms with E-state index in [4.69, 9.17) is 14.2 Å². The van der Waals surface area contributed by atoms with Crippen molar-refractivity contribution in [1.82, 2.24) is 20.5 Å². The number of urea groups is 1. The molecule has 0 radical (unpaired) electrons. The van der Waals surface area contributed by atoms with Crippen molar-refractivity contribution in [1.29, 1.82) is 0 Å². The zero-order valence-electron chi connectivity index (χ0n) is 23.5. The first-order valence-electron chi connectivity index (χ1n) is 13.8. The van der Waals surface area contributed by atoms with Crippen LogP contribution in [-0.2, 0) is 19.0 Å². The number of Topliss-reactive ketones (excluding diaryl/α,β-unsaturated/α-hetero) is 1. The van der Waals surface area contributed by atoms with Crippen LogP contribution in [0.2, 0.25) is 0 Å². The molecule has 1 saturated carbocycles. The van der Waals surface area contributed by atoms with Gasteiger partial charge in [-0.3, -0.25) is 15.0 Å². The van der Waals surface area contributed by atoms with E-state index < -0.39 is 29.6 Å². The molecule has 0 aromatic rings. The van der Waals surface area contributed by atoms with Crippen molar-refractivity contribution in [3.05, 3.63) is 0 Å². The molecule has 3 aliphatic rings. The number of morpholine rings is 1. The Labute approximate surface area is 230 Å². The van der Waals surface area contributed by atoms with Gasteiger partial charge in [0.15, 0.2) is 5.78 Å². The molecular weight excluding hydrogens is 510 g/mol. The summed E-state index contributed by atoms with van der Waals surface area (Å²) in [5, 5.41) is 11.7. The molecule has 0 bridgehead atoms. The maximum absolute atomic E-state index is 13.6. The van der Waals surface area contributed by atoms with Gasteiger partial charge in [0.05, 0.1) is 13.2 Å². The summed E-state index contributed by atoms with van der Waals surface area (Å²) < 4.78 is 16.8. The van der Waals surface area contributed by atoms with E-state index in [1.165, 1.54) is 11.8 Å². The third kappa shape index (κ3) is 9.60. The molecule has 12 heteroatoms. The van der Waals surface area contributed by atoms with Crippen LogP contribution in [0.15, 0.2) is 5.10 Å². The van der Waals surface area contributed by atoms with Crippen LogP contribution in [0, 0.1) is 5.92 Å². The molecule has 2 heterocycles. The molecular formula is C26H45N5O6S. The highest BCUT2D eigenvalue weighted by atomic mass is 32.2. The van der Waals surface area contributed by atoms with Gasteiger partial charge in [-0.15, -0.1) is 5.10 Å². The fourth-order valence-corrected chi connectivity index (χ4v) is 5.39. The summed E-state index contributed by atoms with van der Waals surface area (Å²) in [6.07, 6.45) is 3.08. The number of hydrogen-bond acceptors (Lipinski definition) is 9. The summed E-state index contributed by atoms with van der Waals surface area (Å²) in [5.41, 5.74) is -1.65. The topological polar surface area (TPSA) is 122 Å². The van der Waals surface area contributed by atoms with Crippen LogP contribution in [0.1, 0.15) is 79.6 Å². The van der Waals surface area contributed by atoms with E-state index >= 15 is 0 Å². The Hall–Kier alpha value is -2.05. The van der Waals surface area contributed by atoms with E-state index in [1.807, 2.05) is 13.8 Å². The van der Waals surface area contributed by atoms with Crippen molar-refractivity contribution in [3.8, 4) is 0 Å². The summed E-state index contributed by atoms with van der Waals surface area (Å²) in [6, 6.07) is -0.574. The Balaban J connectivity index is 1.69. The third-order valence-electron chi connectivity index (χ3n) is 6.61. The molecule has 3 amide bonds. The normalized spacial score (nSPS) is 22.0. The van der Waals surface area contributed by atoms with Crippen LogP contribution in [0.25, 0.3) is 0 Å². The molecule has 0 spiro atoms. The molecule has 216 valence electrons. The molecule has 0 aromatic carbocycles. The van der Waals surface area contributed by atoms with Crippen LogP contribution in [0.4, 0.5) is 9.59 Å². The van der Waals surface area contributed by atoms with Crippen LogP contribution in [0.3, 0.4) is 0 Å². The van der Waals surface area contributed by atoms with Gasteiger partial charge in [-0.1, -0.05) is 32.0 Å². The molecule has 38 heavy (non-hydrogen) atoms. The first-order chi connectivity index (χ1) is 18.0. The standard InChI is InChI=1S/C26H45N5O6S/c1-19(2)9-10-20(32)21-31(29-24(36-21)38-18-15-30-13-16-35-17-14-30)22(33)27-26(11-7-6-8-12-26)28-23(34)37-25(3,4)5/h19,21H,6-18H2,1-5H3,(H,27,33)(H,28,34). The maximum atomic E-state index is 13.6. The Morgan fingerprint density at radius 2 is 1.82 bits per heavy atom. The van der Waals surface area contributed by atoms with Gasteiger partial charge in [-0.2, -0.15) is 5.01 Å². The van der Waals surface area contributed by atoms with Gasteiger partial charge in [0, 0.05) is 31.8 Å². The second kappa shape index (κ2) is 13.8. The van der Waals surface area contributed by atoms with Gasteiger partial charge in [-0.25, -0.2) is 9.59 Å². The minimum Gasteiger partial charge on any atom is -0.444 e. The summed E-state index contributed by atoms with van der Waals surface area (Å²) in [7, 11) is 0. The largest absolute Gasteiger partial charge is 0.444 e. The highest BCUT2D eigenvalue weighted by molar-refractivity contribution is 8.13. The minimum atomic E-state index is -1.12. The summed E-state index contributed by atoms with van der Waals surface area (Å²) >= 11 is 1.39. The molecule has 1 unspecified atom stereocenters. The van der Waals surface area contributed by atoms with E-state index in [9.17, 15) is 14.4 Å². The number of alkyl carbamates (subject to hydrolysis) is 1. The van der Waals surface area contributed by atoms with Gasteiger partial charge in [0.1, 0.15) is 11.3 Å². The Morgan fingerprint density at radius 3 is 2.45 bits per heavy atom. The van der Waals surface area contributed by atoms with Crippen molar-refractivity contribution in [2.45, 2.75) is 97.1 Å². The van der Waals surface area contributed by atoms with Crippen molar-refractivity contribution in [2.75, 3.05) is 38.6 Å². The molecule has 2 fully saturated rings. The van der Waals surface area contributed by atoms with E-state index in [0.29, 0.717) is 36.2 Å². The number of thioether (sulfide) groups is 1. The summed E-state index contributed by atoms with van der Waals surface area (Å²) in [4.78, 5) is 41.6. The van der Waals surface area contributed by atoms with Crippen LogP contribution >= 0.6 is 11.8 Å². The fraction of sp³-hybridized carbons (Fsp3) is 0.846. The van der Waals surface area contributed by atoms with E-state index in [0.717, 1.165) is 57.1 Å². The quantitative estimate of drug-likeness (QED) is 0.411. The molecule has 2 aliphatic heterocycles. The van der Waals surface area contributed by atoms with Crippen molar-refractivity contribution in [3.63, 3.8) is 0 Å². The second-order valence-corrected chi connectivity index (χ2v) is 12.6. The average Bonchev–Trinajstić information content (AvgIpc) is 3.27. The van der Waals surface area contributed by atoms with Crippen molar-refractivity contribution < 1.29 is 28.6 Å². The molecule has 1 saturated heterocycles. The molecule has 1 aliphatic carbocycles. The minimum absolute atomic E-state index is 0.195. The van der Waals surface area contributed by atoms with Crippen LogP contribution in [-0.4, -0.2) is 89.1 Å². The highest BCUT2D eigenvalue weighted by Gasteiger charge is 2.43. The first-order valence-corrected chi connectivity index (χ1v) is 14.8. The van der Waals surface area contributed by atoms with E-state index in [-0.39, 0.29) is 12.2 Å². The third-order valence-corrected chi connectivity index (χ3v) is 7.42. The highest BCUT2D eigenvalue weighted by Crippen LogP contribution is 2.29. The Kier molecular flexibility index (Phi) is 11.1. The molecule has 3 rings (SSSR count). The number of nitrogens with zero attached hydrogens (tertiary/aromatic N) is 3. The van der Waals surface area contributed by atoms with Gasteiger partial charge < -0.3 is 19.5 Å². The van der Waals surface area contributed by atoms with Gasteiger partial charge in [-0.05, 0) is 58.8 Å². The molecule has 0 aromatic heterocycles. The predicted octanol–water partition coefficient (Wildman–Crippen LogP) is 3.88. The predicted molar refractivity (Wildman–Crippen MR) is 147 cm³/mol. The van der Waals surface area contributed by atoms with Gasteiger partial charge in [0.25, 0.3) is 11.5 Å². The lowest BCUT2D eigenvalue weighted by molar-refractivity contribution is -0.131. The number of ketones is 1. The number of hydrazone groups is 1. The number of carbonyl (C=O) groups excluding carboxylic acids is 3. The molecule has 2 N–H and O–H groups in total. The SMILES string of the molecule is CC(C)CCC(=O)C1OC(SCCN2CCOCC2)=NN1C(=O)NC1(NC(=O)OC(C)(C)C)CCCCC1. The number of nitrogens with one attached hydrogen (secondary N) is 2. The monoisotopic (exact) mass is 555 g/mol.